The molecule has 0 aliphatic carbocycles. The zero-order chi connectivity index (χ0) is 33.0. The summed E-state index contributed by atoms with van der Waals surface area (Å²) in [4.78, 5) is 17.4. The number of rotatable bonds is 4. The van der Waals surface area contributed by atoms with Gasteiger partial charge in [-0.3, -0.25) is 9.47 Å². The van der Waals surface area contributed by atoms with E-state index in [1.54, 1.807) is 0 Å². The molecule has 0 atom stereocenters. The van der Waals surface area contributed by atoms with Crippen LogP contribution >= 0.6 is 0 Å². The number of nitrogens with zero attached hydrogens (tertiary/aromatic N) is 5. The van der Waals surface area contributed by atoms with Crippen molar-refractivity contribution >= 4 is 38.9 Å². The van der Waals surface area contributed by atoms with Gasteiger partial charge in [-0.1, -0.05) is 133 Å². The summed E-state index contributed by atoms with van der Waals surface area (Å²) in [6, 6.07) is 61.7. The Morgan fingerprint density at radius 3 is 1.64 bits per heavy atom. The van der Waals surface area contributed by atoms with Crippen molar-refractivity contribution in [2.75, 3.05) is 4.90 Å². The normalized spacial score (nSPS) is 12.0. The van der Waals surface area contributed by atoms with E-state index in [0.717, 1.165) is 45.1 Å². The molecule has 0 spiro atoms. The molecule has 0 amide bonds. The molecule has 3 heterocycles. The van der Waals surface area contributed by atoms with Gasteiger partial charge in [-0.25, -0.2) is 15.0 Å². The second-order valence-electron chi connectivity index (χ2n) is 12.6. The van der Waals surface area contributed by atoms with Crippen LogP contribution in [0.2, 0.25) is 0 Å². The van der Waals surface area contributed by atoms with E-state index in [1.807, 2.05) is 60.7 Å². The van der Waals surface area contributed by atoms with Gasteiger partial charge in [-0.05, 0) is 53.2 Å². The van der Waals surface area contributed by atoms with Crippen LogP contribution in [0.15, 0.2) is 176 Å². The topological polar surface area (TPSA) is 46.8 Å². The number of fused-ring (bicyclic) bond motifs is 8. The highest BCUT2D eigenvalue weighted by Crippen LogP contribution is 2.50. The van der Waals surface area contributed by atoms with Crippen molar-refractivity contribution in [3.63, 3.8) is 0 Å². The van der Waals surface area contributed by atoms with Crippen LogP contribution in [0.25, 0.3) is 72.7 Å². The molecule has 5 nitrogen and oxygen atoms in total. The van der Waals surface area contributed by atoms with Gasteiger partial charge in [-0.2, -0.15) is 0 Å². The summed E-state index contributed by atoms with van der Waals surface area (Å²) in [5, 5.41) is 3.57. The van der Waals surface area contributed by atoms with Crippen molar-refractivity contribution in [2.45, 2.75) is 0 Å². The van der Waals surface area contributed by atoms with Gasteiger partial charge in [0.1, 0.15) is 5.82 Å². The first kappa shape index (κ1) is 28.2. The maximum absolute atomic E-state index is 5.05. The molecule has 0 fully saturated rings. The molecule has 0 saturated heterocycles. The molecule has 0 saturated carbocycles. The van der Waals surface area contributed by atoms with Crippen LogP contribution in [0.3, 0.4) is 0 Å². The van der Waals surface area contributed by atoms with Gasteiger partial charge in [0, 0.05) is 38.9 Å². The lowest BCUT2D eigenvalue weighted by atomic mass is 9.97. The van der Waals surface area contributed by atoms with Gasteiger partial charge in [0.25, 0.3) is 0 Å². The highest BCUT2D eigenvalue weighted by atomic mass is 15.3. The first-order valence-electron chi connectivity index (χ1n) is 16.8. The fourth-order valence-corrected chi connectivity index (χ4v) is 7.20. The largest absolute Gasteiger partial charge is 0.295 e. The Labute approximate surface area is 289 Å². The van der Waals surface area contributed by atoms with Crippen LogP contribution in [-0.4, -0.2) is 19.5 Å². The van der Waals surface area contributed by atoms with E-state index in [1.165, 1.54) is 27.3 Å². The number of benzene rings is 7. The van der Waals surface area contributed by atoms with Crippen LogP contribution in [0.4, 0.5) is 17.2 Å². The third-order valence-electron chi connectivity index (χ3n) is 9.52. The van der Waals surface area contributed by atoms with Crippen molar-refractivity contribution < 1.29 is 0 Å². The summed E-state index contributed by atoms with van der Waals surface area (Å²) in [6.07, 6.45) is 0. The number of aromatic nitrogens is 4. The third-order valence-corrected chi connectivity index (χ3v) is 9.52. The average Bonchev–Trinajstić information content (AvgIpc) is 3.52. The summed E-state index contributed by atoms with van der Waals surface area (Å²) in [7, 11) is 0. The zero-order valence-electron chi connectivity index (χ0n) is 27.0. The molecule has 0 bridgehead atoms. The molecule has 50 heavy (non-hydrogen) atoms. The molecule has 0 N–H and O–H groups in total. The molecular weight excluding hydrogens is 611 g/mol. The molecule has 7 aromatic carbocycles. The standard InChI is InChI=1S/C45H29N5/c1-3-14-30(15-4-1)43-46-44(31-16-5-2-6-17-31)48-45(47-43)35-21-13-22-36(26-35)49-41-28-33-19-8-7-18-32(33)27-38(41)37-23-10-12-25-40(37)50-39-24-11-9-20-34(39)29-42(49)50/h1-29H. The lowest BCUT2D eigenvalue weighted by Crippen LogP contribution is -2.13. The second-order valence-corrected chi connectivity index (χ2v) is 12.6. The van der Waals surface area contributed by atoms with E-state index < -0.39 is 0 Å². The summed E-state index contributed by atoms with van der Waals surface area (Å²) in [6.45, 7) is 0. The SMILES string of the molecule is c1ccc(-c2nc(-c3ccccc3)nc(-c3cccc(N4c5cc6ccccc6cc5-c5ccccc5-n5c4cc4ccccc45)c3)n2)cc1. The Kier molecular flexibility index (Phi) is 6.42. The van der Waals surface area contributed by atoms with Crippen molar-refractivity contribution in [1.29, 1.82) is 0 Å². The molecule has 2 aromatic heterocycles. The molecule has 10 rings (SSSR count). The Morgan fingerprint density at radius 1 is 0.360 bits per heavy atom. The van der Waals surface area contributed by atoms with Gasteiger partial charge in [-0.15, -0.1) is 0 Å². The van der Waals surface area contributed by atoms with E-state index in [2.05, 4.69) is 125 Å². The third kappa shape index (κ3) is 4.60. The smallest absolute Gasteiger partial charge is 0.164 e. The average molecular weight is 640 g/mol. The van der Waals surface area contributed by atoms with Crippen molar-refractivity contribution in [2.24, 2.45) is 0 Å². The number of hydrogen-bond donors (Lipinski definition) is 0. The van der Waals surface area contributed by atoms with E-state index >= 15 is 0 Å². The van der Waals surface area contributed by atoms with Crippen molar-refractivity contribution in [3.05, 3.63) is 176 Å². The number of para-hydroxylation sites is 2. The first-order chi connectivity index (χ1) is 24.8. The van der Waals surface area contributed by atoms with Crippen LogP contribution in [0.1, 0.15) is 0 Å². The summed E-state index contributed by atoms with van der Waals surface area (Å²) >= 11 is 0. The predicted molar refractivity (Wildman–Crippen MR) is 204 cm³/mol. The Hall–Kier alpha value is -6.85. The monoisotopic (exact) mass is 639 g/mol. The lowest BCUT2D eigenvalue weighted by Gasteiger charge is -2.27. The van der Waals surface area contributed by atoms with Crippen molar-refractivity contribution in [1.82, 2.24) is 19.5 Å². The second kappa shape index (κ2) is 11.4. The molecule has 1 aliphatic rings. The zero-order valence-corrected chi connectivity index (χ0v) is 27.0. The summed E-state index contributed by atoms with van der Waals surface area (Å²) < 4.78 is 2.39. The first-order valence-corrected chi connectivity index (χ1v) is 16.8. The summed E-state index contributed by atoms with van der Waals surface area (Å²) in [5.74, 6) is 2.97. The fraction of sp³-hybridized carbons (Fsp3) is 0. The fourth-order valence-electron chi connectivity index (χ4n) is 7.20. The van der Waals surface area contributed by atoms with Gasteiger partial charge >= 0.3 is 0 Å². The molecule has 1 aliphatic heterocycles. The van der Waals surface area contributed by atoms with Gasteiger partial charge in [0.2, 0.25) is 0 Å². The molecular formula is C45H29N5. The molecule has 9 aromatic rings. The van der Waals surface area contributed by atoms with Gasteiger partial charge in [0.15, 0.2) is 17.5 Å². The molecule has 234 valence electrons. The van der Waals surface area contributed by atoms with Crippen LogP contribution in [-0.2, 0) is 0 Å². The van der Waals surface area contributed by atoms with Gasteiger partial charge < -0.3 is 0 Å². The Bertz CT molecular complexity index is 2660. The quantitative estimate of drug-likeness (QED) is 0.192. The van der Waals surface area contributed by atoms with Crippen LogP contribution < -0.4 is 4.90 Å². The number of hydrogen-bond acceptors (Lipinski definition) is 4. The van der Waals surface area contributed by atoms with E-state index in [4.69, 9.17) is 15.0 Å². The summed E-state index contributed by atoms with van der Waals surface area (Å²) in [5.41, 5.74) is 9.59. The maximum Gasteiger partial charge on any atom is 0.164 e. The van der Waals surface area contributed by atoms with E-state index in [-0.39, 0.29) is 0 Å². The molecule has 0 unspecified atom stereocenters. The van der Waals surface area contributed by atoms with Gasteiger partial charge in [0.05, 0.1) is 16.9 Å². The maximum atomic E-state index is 5.05. The highest BCUT2D eigenvalue weighted by molar-refractivity contribution is 6.04. The minimum Gasteiger partial charge on any atom is -0.295 e. The highest BCUT2D eigenvalue weighted by Gasteiger charge is 2.28. The minimum absolute atomic E-state index is 0.622. The van der Waals surface area contributed by atoms with Crippen LogP contribution in [0, 0.1) is 0 Å². The van der Waals surface area contributed by atoms with E-state index in [9.17, 15) is 0 Å². The minimum atomic E-state index is 0.622. The molecule has 5 heteroatoms. The Balaban J connectivity index is 1.23. The number of anilines is 3. The lowest BCUT2D eigenvalue weighted by molar-refractivity contribution is 1.07. The van der Waals surface area contributed by atoms with E-state index in [0.29, 0.717) is 17.5 Å². The molecule has 0 radical (unpaired) electrons. The van der Waals surface area contributed by atoms with Crippen molar-refractivity contribution in [3.8, 4) is 51.0 Å². The van der Waals surface area contributed by atoms with Crippen LogP contribution in [0.5, 0.6) is 0 Å². The Morgan fingerprint density at radius 2 is 0.920 bits per heavy atom. The predicted octanol–water partition coefficient (Wildman–Crippen LogP) is 11.4.